The molecule has 1 aromatic heterocycles. The minimum absolute atomic E-state index is 0.925. The molecule has 0 aliphatic rings. The lowest BCUT2D eigenvalue weighted by Gasteiger charge is -2.06. The second kappa shape index (κ2) is 6.15. The predicted molar refractivity (Wildman–Crippen MR) is 89.6 cm³/mol. The van der Waals surface area contributed by atoms with Gasteiger partial charge in [0.15, 0.2) is 0 Å². The molecule has 21 heavy (non-hydrogen) atoms. The number of aromatic nitrogens is 1. The molecular weight excluding hydrogens is 256 g/mol. The van der Waals surface area contributed by atoms with Crippen LogP contribution in [0.1, 0.15) is 23.6 Å². The van der Waals surface area contributed by atoms with Crippen LogP contribution in [0.25, 0.3) is 10.9 Å². The van der Waals surface area contributed by atoms with E-state index in [1.807, 2.05) is 0 Å². The van der Waals surface area contributed by atoms with Crippen LogP contribution in [0.4, 0.5) is 0 Å². The number of aryl methyl sites for hydroxylation is 1. The Kier molecular flexibility index (Phi) is 4.07. The van der Waals surface area contributed by atoms with Crippen molar-refractivity contribution in [3.63, 3.8) is 0 Å². The summed E-state index contributed by atoms with van der Waals surface area (Å²) in [5.74, 6) is 0. The second-order valence-electron chi connectivity index (χ2n) is 5.57. The smallest absolute Gasteiger partial charge is 0.0486 e. The molecule has 3 aromatic rings. The van der Waals surface area contributed by atoms with Crippen molar-refractivity contribution < 1.29 is 0 Å². The van der Waals surface area contributed by atoms with E-state index in [0.29, 0.717) is 0 Å². The Hall–Kier alpha value is -2.06. The van der Waals surface area contributed by atoms with Crippen molar-refractivity contribution in [2.75, 3.05) is 6.54 Å². The Morgan fingerprint density at radius 1 is 1.05 bits per heavy atom. The normalized spacial score (nSPS) is 11.1. The highest BCUT2D eigenvalue weighted by Gasteiger charge is 2.08. The molecule has 0 aliphatic heterocycles. The van der Waals surface area contributed by atoms with E-state index in [0.717, 1.165) is 19.6 Å². The molecule has 108 valence electrons. The van der Waals surface area contributed by atoms with Gasteiger partial charge in [-0.3, -0.25) is 0 Å². The van der Waals surface area contributed by atoms with Crippen molar-refractivity contribution in [1.29, 1.82) is 0 Å². The molecule has 0 unspecified atom stereocenters. The van der Waals surface area contributed by atoms with Crippen molar-refractivity contribution in [1.82, 2.24) is 9.88 Å². The standard InChI is InChI=1S/C19H22N2/c1-3-20-12-17-14-21(19-10-5-4-9-18(17)19)13-16-8-6-7-15(2)11-16/h4-11,14,20H,3,12-13H2,1-2H3. The number of rotatable bonds is 5. The monoisotopic (exact) mass is 278 g/mol. The van der Waals surface area contributed by atoms with E-state index in [9.17, 15) is 0 Å². The topological polar surface area (TPSA) is 17.0 Å². The van der Waals surface area contributed by atoms with Crippen LogP contribution in [0.15, 0.2) is 54.7 Å². The summed E-state index contributed by atoms with van der Waals surface area (Å²) >= 11 is 0. The van der Waals surface area contributed by atoms with E-state index in [4.69, 9.17) is 0 Å². The third-order valence-corrected chi connectivity index (χ3v) is 3.87. The molecule has 0 aliphatic carbocycles. The van der Waals surface area contributed by atoms with Crippen LogP contribution < -0.4 is 5.32 Å². The number of benzene rings is 2. The number of hydrogen-bond acceptors (Lipinski definition) is 1. The minimum atomic E-state index is 0.925. The molecule has 3 rings (SSSR count). The zero-order valence-corrected chi connectivity index (χ0v) is 12.8. The molecule has 2 nitrogen and oxygen atoms in total. The lowest BCUT2D eigenvalue weighted by Crippen LogP contribution is -2.11. The maximum Gasteiger partial charge on any atom is 0.0486 e. The highest BCUT2D eigenvalue weighted by molar-refractivity contribution is 5.84. The average molecular weight is 278 g/mol. The fourth-order valence-electron chi connectivity index (χ4n) is 2.86. The Labute approximate surface area is 126 Å². The highest BCUT2D eigenvalue weighted by atomic mass is 15.0. The van der Waals surface area contributed by atoms with Gasteiger partial charge in [0.2, 0.25) is 0 Å². The maximum atomic E-state index is 3.43. The second-order valence-corrected chi connectivity index (χ2v) is 5.57. The fourth-order valence-corrected chi connectivity index (χ4v) is 2.86. The molecule has 0 fully saturated rings. The van der Waals surface area contributed by atoms with Crippen molar-refractivity contribution >= 4 is 10.9 Å². The van der Waals surface area contributed by atoms with Crippen LogP contribution in [0, 0.1) is 6.92 Å². The molecule has 0 spiro atoms. The van der Waals surface area contributed by atoms with Crippen LogP contribution >= 0.6 is 0 Å². The van der Waals surface area contributed by atoms with E-state index < -0.39 is 0 Å². The van der Waals surface area contributed by atoms with Gasteiger partial charge in [0.25, 0.3) is 0 Å². The molecule has 1 N–H and O–H groups in total. The third-order valence-electron chi connectivity index (χ3n) is 3.87. The molecule has 0 amide bonds. The number of nitrogens with one attached hydrogen (secondary N) is 1. The summed E-state index contributed by atoms with van der Waals surface area (Å²) in [6.07, 6.45) is 2.29. The fraction of sp³-hybridized carbons (Fsp3) is 0.263. The maximum absolute atomic E-state index is 3.43. The molecule has 0 radical (unpaired) electrons. The largest absolute Gasteiger partial charge is 0.343 e. The van der Waals surface area contributed by atoms with Crippen LogP contribution in [0.2, 0.25) is 0 Å². The van der Waals surface area contributed by atoms with Crippen LogP contribution in [0.5, 0.6) is 0 Å². The van der Waals surface area contributed by atoms with Gasteiger partial charge in [-0.1, -0.05) is 55.0 Å². The van der Waals surface area contributed by atoms with Crippen molar-refractivity contribution in [3.8, 4) is 0 Å². The van der Waals surface area contributed by atoms with Gasteiger partial charge in [0.05, 0.1) is 0 Å². The summed E-state index contributed by atoms with van der Waals surface area (Å²) in [7, 11) is 0. The lowest BCUT2D eigenvalue weighted by atomic mass is 10.1. The van der Waals surface area contributed by atoms with E-state index in [1.54, 1.807) is 0 Å². The van der Waals surface area contributed by atoms with Crippen LogP contribution in [0.3, 0.4) is 0 Å². The Morgan fingerprint density at radius 3 is 2.71 bits per heavy atom. The summed E-state index contributed by atoms with van der Waals surface area (Å²) in [6, 6.07) is 17.4. The molecule has 0 saturated heterocycles. The average Bonchev–Trinajstić information content (AvgIpc) is 2.84. The van der Waals surface area contributed by atoms with Gasteiger partial charge in [-0.2, -0.15) is 0 Å². The first-order chi connectivity index (χ1) is 10.3. The summed E-state index contributed by atoms with van der Waals surface area (Å²) < 4.78 is 2.36. The molecule has 2 heteroatoms. The highest BCUT2D eigenvalue weighted by Crippen LogP contribution is 2.22. The van der Waals surface area contributed by atoms with Gasteiger partial charge >= 0.3 is 0 Å². The first kappa shape index (κ1) is 13.9. The van der Waals surface area contributed by atoms with Crippen LogP contribution in [-0.2, 0) is 13.1 Å². The molecule has 1 heterocycles. The lowest BCUT2D eigenvalue weighted by molar-refractivity contribution is 0.724. The van der Waals surface area contributed by atoms with Gasteiger partial charge in [-0.15, -0.1) is 0 Å². The van der Waals surface area contributed by atoms with Crippen molar-refractivity contribution in [2.45, 2.75) is 26.9 Å². The van der Waals surface area contributed by atoms with E-state index in [-0.39, 0.29) is 0 Å². The molecule has 0 atom stereocenters. The Balaban J connectivity index is 1.98. The number of fused-ring (bicyclic) bond motifs is 1. The molecule has 0 bridgehead atoms. The number of hydrogen-bond donors (Lipinski definition) is 1. The molecule has 2 aromatic carbocycles. The third kappa shape index (κ3) is 3.01. The number of para-hydroxylation sites is 1. The van der Waals surface area contributed by atoms with E-state index >= 15 is 0 Å². The van der Waals surface area contributed by atoms with Gasteiger partial charge in [-0.05, 0) is 30.7 Å². The van der Waals surface area contributed by atoms with Crippen LogP contribution in [-0.4, -0.2) is 11.1 Å². The van der Waals surface area contributed by atoms with Gasteiger partial charge in [-0.25, -0.2) is 0 Å². The summed E-state index contributed by atoms with van der Waals surface area (Å²) in [4.78, 5) is 0. The predicted octanol–water partition coefficient (Wildman–Crippen LogP) is 4.11. The first-order valence-corrected chi connectivity index (χ1v) is 7.61. The SMILES string of the molecule is CCNCc1cn(Cc2cccc(C)c2)c2ccccc12. The summed E-state index contributed by atoms with van der Waals surface area (Å²) in [6.45, 7) is 7.14. The van der Waals surface area contributed by atoms with Gasteiger partial charge in [0, 0.05) is 30.2 Å². The zero-order chi connectivity index (χ0) is 14.7. The van der Waals surface area contributed by atoms with E-state index in [1.165, 1.54) is 27.6 Å². The number of nitrogens with zero attached hydrogens (tertiary/aromatic N) is 1. The zero-order valence-electron chi connectivity index (χ0n) is 12.8. The first-order valence-electron chi connectivity index (χ1n) is 7.61. The van der Waals surface area contributed by atoms with E-state index in [2.05, 4.69) is 78.5 Å². The Morgan fingerprint density at radius 2 is 1.90 bits per heavy atom. The molecule has 0 saturated carbocycles. The minimum Gasteiger partial charge on any atom is -0.343 e. The summed E-state index contributed by atoms with van der Waals surface area (Å²) in [5.41, 5.74) is 5.36. The quantitative estimate of drug-likeness (QED) is 0.743. The van der Waals surface area contributed by atoms with Gasteiger partial charge in [0.1, 0.15) is 0 Å². The molecular formula is C19H22N2. The van der Waals surface area contributed by atoms with Crippen molar-refractivity contribution in [3.05, 3.63) is 71.4 Å². The summed E-state index contributed by atoms with van der Waals surface area (Å²) in [5, 5.41) is 4.78. The van der Waals surface area contributed by atoms with Gasteiger partial charge < -0.3 is 9.88 Å². The van der Waals surface area contributed by atoms with Crippen molar-refractivity contribution in [2.24, 2.45) is 0 Å². The Bertz CT molecular complexity index is 740.